The Labute approximate surface area is 130 Å². The first-order valence-electron chi connectivity index (χ1n) is 7.53. The third-order valence-electron chi connectivity index (χ3n) is 4.05. The molecule has 0 aliphatic carbocycles. The van der Waals surface area contributed by atoms with E-state index < -0.39 is 0 Å². The summed E-state index contributed by atoms with van der Waals surface area (Å²) in [5.74, 6) is 0.140. The van der Waals surface area contributed by atoms with Crippen LogP contribution < -0.4 is 0 Å². The number of aromatic nitrogens is 1. The van der Waals surface area contributed by atoms with Crippen LogP contribution in [-0.4, -0.2) is 36.1 Å². The highest BCUT2D eigenvalue weighted by molar-refractivity contribution is 6.00. The van der Waals surface area contributed by atoms with Crippen molar-refractivity contribution in [2.75, 3.05) is 20.3 Å². The number of nitrogens with zero attached hydrogens (tertiary/aromatic N) is 2. The van der Waals surface area contributed by atoms with Crippen molar-refractivity contribution in [1.29, 1.82) is 0 Å². The molecule has 1 amide bonds. The quantitative estimate of drug-likeness (QED) is 0.796. The Bertz CT molecular complexity index is 683. The van der Waals surface area contributed by atoms with Gasteiger partial charge in [-0.05, 0) is 42.2 Å². The number of rotatable bonds is 5. The van der Waals surface area contributed by atoms with Gasteiger partial charge in [-0.1, -0.05) is 12.1 Å². The van der Waals surface area contributed by atoms with Gasteiger partial charge in [-0.15, -0.1) is 0 Å². The van der Waals surface area contributed by atoms with Crippen molar-refractivity contribution in [3.8, 4) is 11.1 Å². The van der Waals surface area contributed by atoms with Gasteiger partial charge in [0.2, 0.25) is 0 Å². The zero-order valence-corrected chi connectivity index (χ0v) is 13.0. The number of aryl methyl sites for hydroxylation is 1. The third kappa shape index (κ3) is 2.74. The summed E-state index contributed by atoms with van der Waals surface area (Å²) in [4.78, 5) is 18.6. The highest BCUT2D eigenvalue weighted by Gasteiger charge is 2.29. The van der Waals surface area contributed by atoms with E-state index in [9.17, 15) is 4.79 Å². The molecule has 2 aromatic rings. The first-order chi connectivity index (χ1) is 10.7. The van der Waals surface area contributed by atoms with Gasteiger partial charge in [-0.2, -0.15) is 0 Å². The van der Waals surface area contributed by atoms with Crippen LogP contribution in [0.4, 0.5) is 0 Å². The van der Waals surface area contributed by atoms with Crippen molar-refractivity contribution in [3.63, 3.8) is 0 Å². The molecule has 1 aliphatic heterocycles. The van der Waals surface area contributed by atoms with Crippen molar-refractivity contribution in [2.45, 2.75) is 19.9 Å². The summed E-state index contributed by atoms with van der Waals surface area (Å²) in [6.07, 6.45) is 4.49. The van der Waals surface area contributed by atoms with Crippen molar-refractivity contribution in [2.24, 2.45) is 0 Å². The molecule has 0 radical (unpaired) electrons. The van der Waals surface area contributed by atoms with Crippen LogP contribution in [0.15, 0.2) is 36.7 Å². The SMILES string of the molecule is COCCCN1Cc2cc(-c3cccnc3)cc(C)c2C1=O. The molecule has 4 heteroatoms. The van der Waals surface area contributed by atoms with E-state index in [-0.39, 0.29) is 5.91 Å². The monoisotopic (exact) mass is 296 g/mol. The Morgan fingerprint density at radius 2 is 2.18 bits per heavy atom. The van der Waals surface area contributed by atoms with Crippen molar-refractivity contribution in [1.82, 2.24) is 9.88 Å². The minimum absolute atomic E-state index is 0.140. The van der Waals surface area contributed by atoms with Gasteiger partial charge in [-0.3, -0.25) is 9.78 Å². The maximum Gasteiger partial charge on any atom is 0.254 e. The molecular weight excluding hydrogens is 276 g/mol. The second-order valence-corrected chi connectivity index (χ2v) is 5.64. The first kappa shape index (κ1) is 14.7. The summed E-state index contributed by atoms with van der Waals surface area (Å²) in [5.41, 5.74) is 5.22. The molecule has 0 unspecified atom stereocenters. The Balaban J connectivity index is 1.88. The van der Waals surface area contributed by atoms with Gasteiger partial charge in [0.25, 0.3) is 5.91 Å². The Morgan fingerprint density at radius 1 is 1.32 bits per heavy atom. The molecule has 2 heterocycles. The topological polar surface area (TPSA) is 42.4 Å². The van der Waals surface area contributed by atoms with Crippen molar-refractivity contribution < 1.29 is 9.53 Å². The van der Waals surface area contributed by atoms with E-state index in [2.05, 4.69) is 17.1 Å². The molecule has 114 valence electrons. The number of methoxy groups -OCH3 is 1. The first-order valence-corrected chi connectivity index (χ1v) is 7.53. The maximum atomic E-state index is 12.5. The van der Waals surface area contributed by atoms with Gasteiger partial charge in [0.1, 0.15) is 0 Å². The van der Waals surface area contributed by atoms with E-state index >= 15 is 0 Å². The van der Waals surface area contributed by atoms with Crippen LogP contribution in [-0.2, 0) is 11.3 Å². The largest absolute Gasteiger partial charge is 0.385 e. The van der Waals surface area contributed by atoms with Crippen LogP contribution in [0.2, 0.25) is 0 Å². The summed E-state index contributed by atoms with van der Waals surface area (Å²) in [5, 5.41) is 0. The number of hydrogen-bond acceptors (Lipinski definition) is 3. The minimum atomic E-state index is 0.140. The Morgan fingerprint density at radius 3 is 2.91 bits per heavy atom. The lowest BCUT2D eigenvalue weighted by Gasteiger charge is -2.14. The van der Waals surface area contributed by atoms with Crippen LogP contribution in [0.3, 0.4) is 0 Å². The van der Waals surface area contributed by atoms with E-state index in [1.54, 1.807) is 13.3 Å². The van der Waals surface area contributed by atoms with Crippen LogP contribution >= 0.6 is 0 Å². The molecule has 0 bridgehead atoms. The average Bonchev–Trinajstić information content (AvgIpc) is 2.85. The van der Waals surface area contributed by atoms with E-state index in [0.717, 1.165) is 40.8 Å². The number of pyridine rings is 1. The number of hydrogen-bond donors (Lipinski definition) is 0. The summed E-state index contributed by atoms with van der Waals surface area (Å²) in [6, 6.07) is 8.17. The Hall–Kier alpha value is -2.20. The normalized spacial score (nSPS) is 13.5. The lowest BCUT2D eigenvalue weighted by Crippen LogP contribution is -2.26. The smallest absolute Gasteiger partial charge is 0.254 e. The van der Waals surface area contributed by atoms with E-state index in [1.165, 1.54) is 0 Å². The van der Waals surface area contributed by atoms with Gasteiger partial charge >= 0.3 is 0 Å². The van der Waals surface area contributed by atoms with Gasteiger partial charge in [-0.25, -0.2) is 0 Å². The molecule has 0 atom stereocenters. The number of carbonyl (C=O) groups excluding carboxylic acids is 1. The summed E-state index contributed by atoms with van der Waals surface area (Å²) in [6.45, 7) is 4.12. The Kier molecular flexibility index (Phi) is 4.20. The second kappa shape index (κ2) is 6.28. The van der Waals surface area contributed by atoms with Crippen LogP contribution in [0.5, 0.6) is 0 Å². The molecule has 22 heavy (non-hydrogen) atoms. The zero-order chi connectivity index (χ0) is 15.5. The number of carbonyl (C=O) groups is 1. The molecule has 0 saturated heterocycles. The van der Waals surface area contributed by atoms with Crippen LogP contribution in [0, 0.1) is 6.92 Å². The van der Waals surface area contributed by atoms with Gasteiger partial charge in [0.05, 0.1) is 0 Å². The standard InChI is InChI=1S/C18H20N2O2/c1-13-9-15(14-5-3-6-19-11-14)10-16-12-20(7-4-8-22-2)18(21)17(13)16/h3,5-6,9-11H,4,7-8,12H2,1-2H3. The molecule has 3 rings (SSSR count). The molecule has 1 aromatic heterocycles. The third-order valence-corrected chi connectivity index (χ3v) is 4.05. The predicted molar refractivity (Wildman–Crippen MR) is 85.6 cm³/mol. The van der Waals surface area contributed by atoms with E-state index in [1.807, 2.05) is 30.2 Å². The fraction of sp³-hybridized carbons (Fsp3) is 0.333. The summed E-state index contributed by atoms with van der Waals surface area (Å²) < 4.78 is 5.07. The van der Waals surface area contributed by atoms with E-state index in [4.69, 9.17) is 4.74 Å². The molecule has 0 N–H and O–H groups in total. The van der Waals surface area contributed by atoms with Gasteiger partial charge in [0, 0.05) is 50.3 Å². The van der Waals surface area contributed by atoms with Crippen LogP contribution in [0.1, 0.15) is 27.9 Å². The molecule has 1 aromatic carbocycles. The average molecular weight is 296 g/mol. The highest BCUT2D eigenvalue weighted by Crippen LogP contribution is 2.31. The molecule has 0 saturated carbocycles. The lowest BCUT2D eigenvalue weighted by molar-refractivity contribution is 0.0759. The van der Waals surface area contributed by atoms with Gasteiger partial charge in [0.15, 0.2) is 0 Å². The highest BCUT2D eigenvalue weighted by atomic mass is 16.5. The van der Waals surface area contributed by atoms with Gasteiger partial charge < -0.3 is 9.64 Å². The molecular formula is C18H20N2O2. The number of fused-ring (bicyclic) bond motifs is 1. The summed E-state index contributed by atoms with van der Waals surface area (Å²) in [7, 11) is 1.69. The summed E-state index contributed by atoms with van der Waals surface area (Å²) >= 11 is 0. The number of ether oxygens (including phenoxy) is 1. The van der Waals surface area contributed by atoms with Crippen LogP contribution in [0.25, 0.3) is 11.1 Å². The maximum absolute atomic E-state index is 12.5. The van der Waals surface area contributed by atoms with Crippen molar-refractivity contribution >= 4 is 5.91 Å². The molecule has 1 aliphatic rings. The zero-order valence-electron chi connectivity index (χ0n) is 13.0. The van der Waals surface area contributed by atoms with E-state index in [0.29, 0.717) is 13.2 Å². The second-order valence-electron chi connectivity index (χ2n) is 5.64. The molecule has 0 fully saturated rings. The fourth-order valence-corrected chi connectivity index (χ4v) is 3.01. The van der Waals surface area contributed by atoms with Crippen molar-refractivity contribution in [3.05, 3.63) is 53.3 Å². The fourth-order valence-electron chi connectivity index (χ4n) is 3.01. The minimum Gasteiger partial charge on any atom is -0.385 e. The number of amides is 1. The lowest BCUT2D eigenvalue weighted by atomic mass is 9.97. The molecule has 0 spiro atoms. The molecule has 4 nitrogen and oxygen atoms in total. The number of benzene rings is 1. The predicted octanol–water partition coefficient (Wildman–Crippen LogP) is 3.05.